The number of nitro groups is 1. The molecule has 0 aliphatic carbocycles. The van der Waals surface area contributed by atoms with E-state index in [1.54, 1.807) is 12.1 Å². The highest BCUT2D eigenvalue weighted by Gasteiger charge is 2.15. The van der Waals surface area contributed by atoms with Crippen LogP contribution in [0.3, 0.4) is 0 Å². The van der Waals surface area contributed by atoms with Crippen LogP contribution in [0.4, 0.5) is 5.69 Å². The van der Waals surface area contributed by atoms with Crippen LogP contribution in [0.2, 0.25) is 0 Å². The van der Waals surface area contributed by atoms with Crippen LogP contribution in [0.15, 0.2) is 47.4 Å². The molecule has 6 heteroatoms. The SMILES string of the molecule is CCc1ccc(C(=O)Cn2cccc([N+](=O)[O-])c2=O)cc1. The predicted molar refractivity (Wildman–Crippen MR) is 77.5 cm³/mol. The minimum absolute atomic E-state index is 0.216. The molecule has 0 saturated carbocycles. The molecular formula is C15H14N2O4. The monoisotopic (exact) mass is 286 g/mol. The maximum Gasteiger partial charge on any atom is 0.334 e. The average Bonchev–Trinajstić information content (AvgIpc) is 2.49. The van der Waals surface area contributed by atoms with E-state index in [0.29, 0.717) is 5.56 Å². The summed E-state index contributed by atoms with van der Waals surface area (Å²) in [4.78, 5) is 33.9. The zero-order valence-corrected chi connectivity index (χ0v) is 11.5. The summed E-state index contributed by atoms with van der Waals surface area (Å²) in [5, 5.41) is 10.7. The second-order valence-electron chi connectivity index (χ2n) is 4.56. The fourth-order valence-corrected chi connectivity index (χ4v) is 1.96. The van der Waals surface area contributed by atoms with Crippen molar-refractivity contribution in [1.29, 1.82) is 0 Å². The van der Waals surface area contributed by atoms with Gasteiger partial charge in [-0.25, -0.2) is 0 Å². The molecule has 2 rings (SSSR count). The number of pyridine rings is 1. The normalized spacial score (nSPS) is 10.3. The van der Waals surface area contributed by atoms with E-state index in [-0.39, 0.29) is 12.3 Å². The standard InChI is InChI=1S/C15H14N2O4/c1-2-11-5-7-12(8-6-11)14(18)10-16-9-3-4-13(15(16)19)17(20)21/h3-9H,2,10H2,1H3. The molecule has 0 spiro atoms. The lowest BCUT2D eigenvalue weighted by molar-refractivity contribution is -0.386. The largest absolute Gasteiger partial charge is 0.334 e. The van der Waals surface area contributed by atoms with Crippen LogP contribution in [0, 0.1) is 10.1 Å². The maximum absolute atomic E-state index is 12.1. The summed E-state index contributed by atoms with van der Waals surface area (Å²) in [5.41, 5.74) is 0.275. The molecule has 1 aromatic heterocycles. The molecule has 108 valence electrons. The Labute approximate surface area is 120 Å². The van der Waals surface area contributed by atoms with Gasteiger partial charge >= 0.3 is 11.2 Å². The van der Waals surface area contributed by atoms with E-state index in [4.69, 9.17) is 0 Å². The van der Waals surface area contributed by atoms with Gasteiger partial charge in [0.2, 0.25) is 0 Å². The fraction of sp³-hybridized carbons (Fsp3) is 0.200. The Kier molecular flexibility index (Phi) is 4.27. The van der Waals surface area contributed by atoms with Gasteiger partial charge in [0, 0.05) is 17.8 Å². The number of aryl methyl sites for hydroxylation is 1. The van der Waals surface area contributed by atoms with Crippen molar-refractivity contribution >= 4 is 11.5 Å². The summed E-state index contributed by atoms with van der Waals surface area (Å²) < 4.78 is 1.05. The fourth-order valence-electron chi connectivity index (χ4n) is 1.96. The van der Waals surface area contributed by atoms with Gasteiger partial charge in [0.1, 0.15) is 0 Å². The molecule has 1 heterocycles. The van der Waals surface area contributed by atoms with E-state index >= 15 is 0 Å². The molecule has 21 heavy (non-hydrogen) atoms. The van der Waals surface area contributed by atoms with E-state index in [9.17, 15) is 19.7 Å². The van der Waals surface area contributed by atoms with Gasteiger partial charge in [-0.1, -0.05) is 31.2 Å². The molecule has 1 aromatic carbocycles. The van der Waals surface area contributed by atoms with Crippen molar-refractivity contribution in [2.75, 3.05) is 0 Å². The molecule has 6 nitrogen and oxygen atoms in total. The number of nitrogens with zero attached hydrogens (tertiary/aromatic N) is 2. The summed E-state index contributed by atoms with van der Waals surface area (Å²) in [6.07, 6.45) is 2.24. The lowest BCUT2D eigenvalue weighted by Crippen LogP contribution is -2.25. The Balaban J connectivity index is 2.25. The molecule has 0 amide bonds. The quantitative estimate of drug-likeness (QED) is 0.479. The molecule has 0 bridgehead atoms. The summed E-state index contributed by atoms with van der Waals surface area (Å²) in [6.45, 7) is 1.80. The number of benzene rings is 1. The average molecular weight is 286 g/mol. The zero-order valence-electron chi connectivity index (χ0n) is 11.5. The van der Waals surface area contributed by atoms with Crippen molar-refractivity contribution in [1.82, 2.24) is 4.57 Å². The second kappa shape index (κ2) is 6.13. The van der Waals surface area contributed by atoms with Gasteiger partial charge < -0.3 is 4.57 Å². The van der Waals surface area contributed by atoms with E-state index in [1.807, 2.05) is 19.1 Å². The first-order valence-electron chi connectivity index (χ1n) is 6.49. The number of carbonyl (C=O) groups excluding carboxylic acids is 1. The van der Waals surface area contributed by atoms with E-state index in [1.165, 1.54) is 12.3 Å². The molecule has 0 saturated heterocycles. The molecule has 0 fully saturated rings. The number of rotatable bonds is 5. The van der Waals surface area contributed by atoms with Crippen molar-refractivity contribution in [3.63, 3.8) is 0 Å². The molecular weight excluding hydrogens is 272 g/mol. The molecule has 0 radical (unpaired) electrons. The molecule has 2 aromatic rings. The van der Waals surface area contributed by atoms with Gasteiger partial charge in [-0.3, -0.25) is 19.7 Å². The van der Waals surface area contributed by atoms with Crippen LogP contribution < -0.4 is 5.56 Å². The molecule has 0 aliphatic heterocycles. The van der Waals surface area contributed by atoms with Gasteiger partial charge in [-0.05, 0) is 18.1 Å². The van der Waals surface area contributed by atoms with Crippen LogP contribution in [0.25, 0.3) is 0 Å². The smallest absolute Gasteiger partial charge is 0.302 e. The Morgan fingerprint density at radius 1 is 1.24 bits per heavy atom. The van der Waals surface area contributed by atoms with Crippen molar-refractivity contribution < 1.29 is 9.72 Å². The van der Waals surface area contributed by atoms with E-state index in [0.717, 1.165) is 22.6 Å². The third-order valence-corrected chi connectivity index (χ3v) is 3.19. The van der Waals surface area contributed by atoms with Crippen molar-refractivity contribution in [2.45, 2.75) is 19.9 Å². The highest BCUT2D eigenvalue weighted by molar-refractivity contribution is 5.95. The lowest BCUT2D eigenvalue weighted by Gasteiger charge is -2.05. The van der Waals surface area contributed by atoms with Crippen LogP contribution in [0.1, 0.15) is 22.8 Å². The first-order valence-corrected chi connectivity index (χ1v) is 6.49. The minimum atomic E-state index is -0.777. The number of Topliss-reactive ketones (excluding diaryl/α,β-unsaturated/α-hetero) is 1. The third-order valence-electron chi connectivity index (χ3n) is 3.19. The van der Waals surface area contributed by atoms with Gasteiger partial charge in [0.15, 0.2) is 5.78 Å². The first kappa shape index (κ1) is 14.6. The number of aromatic nitrogens is 1. The first-order chi connectivity index (χ1) is 10.0. The number of carbonyl (C=O) groups is 1. The van der Waals surface area contributed by atoms with E-state index < -0.39 is 16.2 Å². The summed E-state index contributed by atoms with van der Waals surface area (Å²) in [6, 6.07) is 9.60. The molecule has 0 aliphatic rings. The van der Waals surface area contributed by atoms with Gasteiger partial charge in [-0.2, -0.15) is 0 Å². The van der Waals surface area contributed by atoms with Crippen LogP contribution in [-0.4, -0.2) is 15.3 Å². The Morgan fingerprint density at radius 2 is 1.90 bits per heavy atom. The molecule has 0 unspecified atom stereocenters. The highest BCUT2D eigenvalue weighted by atomic mass is 16.6. The predicted octanol–water partition coefficient (Wildman–Crippen LogP) is 2.20. The van der Waals surface area contributed by atoms with Crippen molar-refractivity contribution in [3.05, 3.63) is 74.2 Å². The van der Waals surface area contributed by atoms with Gasteiger partial charge in [-0.15, -0.1) is 0 Å². The Hall–Kier alpha value is -2.76. The number of ketones is 1. The van der Waals surface area contributed by atoms with Crippen molar-refractivity contribution in [2.24, 2.45) is 0 Å². The third kappa shape index (κ3) is 3.22. The Morgan fingerprint density at radius 3 is 2.48 bits per heavy atom. The van der Waals surface area contributed by atoms with Crippen LogP contribution in [-0.2, 0) is 13.0 Å². The topological polar surface area (TPSA) is 82.2 Å². The molecule has 0 atom stereocenters. The Bertz CT molecular complexity index is 732. The van der Waals surface area contributed by atoms with Crippen molar-refractivity contribution in [3.8, 4) is 0 Å². The zero-order chi connectivity index (χ0) is 15.4. The maximum atomic E-state index is 12.1. The highest BCUT2D eigenvalue weighted by Crippen LogP contribution is 2.08. The second-order valence-corrected chi connectivity index (χ2v) is 4.56. The van der Waals surface area contributed by atoms with Crippen LogP contribution in [0.5, 0.6) is 0 Å². The summed E-state index contributed by atoms with van der Waals surface area (Å²) in [7, 11) is 0. The minimum Gasteiger partial charge on any atom is -0.302 e. The lowest BCUT2D eigenvalue weighted by atomic mass is 10.1. The number of hydrogen-bond acceptors (Lipinski definition) is 4. The summed E-state index contributed by atoms with van der Waals surface area (Å²) >= 11 is 0. The van der Waals surface area contributed by atoms with E-state index in [2.05, 4.69) is 0 Å². The summed E-state index contributed by atoms with van der Waals surface area (Å²) in [5.74, 6) is -0.264. The van der Waals surface area contributed by atoms with Gasteiger partial charge in [0.25, 0.3) is 0 Å². The number of hydrogen-bond donors (Lipinski definition) is 0. The van der Waals surface area contributed by atoms with Gasteiger partial charge in [0.05, 0.1) is 11.5 Å². The molecule has 0 N–H and O–H groups in total. The van der Waals surface area contributed by atoms with Crippen LogP contribution >= 0.6 is 0 Å².